The highest BCUT2D eigenvalue weighted by Crippen LogP contribution is 2.13. The maximum atomic E-state index is 5.25. The fourth-order valence-electron chi connectivity index (χ4n) is 1.45. The Morgan fingerprint density at radius 3 is 2.24 bits per heavy atom. The second-order valence-corrected chi connectivity index (χ2v) is 3.97. The highest BCUT2D eigenvalue weighted by atomic mass is 127. The summed E-state index contributed by atoms with van der Waals surface area (Å²) in [5, 5.41) is 0. The van der Waals surface area contributed by atoms with E-state index in [2.05, 4.69) is 34.2 Å². The average Bonchev–Trinajstić information content (AvgIpc) is 2.25. The van der Waals surface area contributed by atoms with Crippen molar-refractivity contribution in [2.24, 2.45) is 16.5 Å². The molecule has 0 bridgehead atoms. The van der Waals surface area contributed by atoms with Crippen LogP contribution in [0.3, 0.4) is 0 Å². The number of hydrogen-bond acceptors (Lipinski definition) is 2. The van der Waals surface area contributed by atoms with Gasteiger partial charge >= 0.3 is 0 Å². The lowest BCUT2D eigenvalue weighted by molar-refractivity contribution is 0.831. The van der Waals surface area contributed by atoms with Crippen LogP contribution in [-0.4, -0.2) is 26.6 Å². The Balaban J connectivity index is 0.00000256. The van der Waals surface area contributed by atoms with Crippen molar-refractivity contribution in [1.29, 1.82) is 0 Å². The predicted octanol–water partition coefficient (Wildman–Crippen LogP) is 1.58. The molecule has 0 fully saturated rings. The Hall–Kier alpha value is -0.980. The monoisotopic (exact) mass is 348 g/mol. The summed E-state index contributed by atoms with van der Waals surface area (Å²) in [4.78, 5) is 6.04. The largest absolute Gasteiger partial charge is 0.378 e. The van der Waals surface area contributed by atoms with E-state index < -0.39 is 0 Å². The molecule has 0 amide bonds. The molecule has 1 rings (SSSR count). The number of aryl methyl sites for hydroxylation is 1. The van der Waals surface area contributed by atoms with Crippen molar-refractivity contribution in [2.75, 3.05) is 25.5 Å². The maximum Gasteiger partial charge on any atom is 0.185 e. The third-order valence-electron chi connectivity index (χ3n) is 2.37. The Kier molecular flexibility index (Phi) is 7.69. The Labute approximate surface area is 120 Å². The molecule has 4 N–H and O–H groups in total. The molecule has 0 heterocycles. The van der Waals surface area contributed by atoms with Crippen LogP contribution in [-0.2, 0) is 6.42 Å². The summed E-state index contributed by atoms with van der Waals surface area (Å²) in [6.07, 6.45) is 1.98. The standard InChI is InChI=1S/C12H20N4.HI/c1-16(2)11-7-5-10(6-8-11)4-3-9-15-12(13)14;/h5-8H,3-4,9H2,1-2H3,(H4,13,14,15);1H. The number of nitrogens with zero attached hydrogens (tertiary/aromatic N) is 2. The number of guanidine groups is 1. The van der Waals surface area contributed by atoms with Crippen LogP contribution in [0.15, 0.2) is 29.3 Å². The topological polar surface area (TPSA) is 67.6 Å². The molecule has 0 saturated heterocycles. The zero-order valence-electron chi connectivity index (χ0n) is 10.4. The molecule has 0 spiro atoms. The van der Waals surface area contributed by atoms with E-state index in [4.69, 9.17) is 11.5 Å². The minimum Gasteiger partial charge on any atom is -0.378 e. The van der Waals surface area contributed by atoms with Crippen LogP contribution in [0, 0.1) is 0 Å². The zero-order chi connectivity index (χ0) is 12.0. The van der Waals surface area contributed by atoms with Crippen LogP contribution >= 0.6 is 24.0 Å². The van der Waals surface area contributed by atoms with E-state index in [1.807, 2.05) is 14.1 Å². The Bertz CT molecular complexity index is 342. The number of benzene rings is 1. The maximum absolute atomic E-state index is 5.25. The second-order valence-electron chi connectivity index (χ2n) is 3.97. The van der Waals surface area contributed by atoms with Gasteiger partial charge in [-0.1, -0.05) is 12.1 Å². The van der Waals surface area contributed by atoms with Gasteiger partial charge in [-0.2, -0.15) is 0 Å². The van der Waals surface area contributed by atoms with Crippen molar-refractivity contribution in [1.82, 2.24) is 0 Å². The molecule has 0 saturated carbocycles. The van der Waals surface area contributed by atoms with Gasteiger partial charge in [-0.3, -0.25) is 4.99 Å². The van der Waals surface area contributed by atoms with Crippen LogP contribution in [0.1, 0.15) is 12.0 Å². The molecular formula is C12H21IN4. The lowest BCUT2D eigenvalue weighted by Crippen LogP contribution is -2.23. The summed E-state index contributed by atoms with van der Waals surface area (Å²) in [5.74, 6) is 0.169. The van der Waals surface area contributed by atoms with E-state index >= 15 is 0 Å². The number of anilines is 1. The number of nitrogens with two attached hydrogens (primary N) is 2. The number of rotatable bonds is 5. The first-order valence-corrected chi connectivity index (χ1v) is 5.41. The number of aliphatic imine (C=N–C) groups is 1. The molecule has 0 radical (unpaired) electrons. The molecule has 5 heteroatoms. The summed E-state index contributed by atoms with van der Waals surface area (Å²) in [6.45, 7) is 0.692. The van der Waals surface area contributed by atoms with E-state index in [-0.39, 0.29) is 29.9 Å². The van der Waals surface area contributed by atoms with Gasteiger partial charge in [0, 0.05) is 26.3 Å². The fourth-order valence-corrected chi connectivity index (χ4v) is 1.45. The molecule has 0 aliphatic carbocycles. The van der Waals surface area contributed by atoms with Crippen molar-refractivity contribution >= 4 is 35.6 Å². The van der Waals surface area contributed by atoms with Gasteiger partial charge in [-0.05, 0) is 30.5 Å². The third-order valence-corrected chi connectivity index (χ3v) is 2.37. The number of halogens is 1. The highest BCUT2D eigenvalue weighted by molar-refractivity contribution is 14.0. The van der Waals surface area contributed by atoms with Crippen LogP contribution < -0.4 is 16.4 Å². The Morgan fingerprint density at radius 2 is 1.76 bits per heavy atom. The van der Waals surface area contributed by atoms with Gasteiger partial charge in [0.25, 0.3) is 0 Å². The van der Waals surface area contributed by atoms with Gasteiger partial charge in [-0.25, -0.2) is 0 Å². The average molecular weight is 348 g/mol. The summed E-state index contributed by atoms with van der Waals surface area (Å²) in [7, 11) is 4.07. The molecule has 1 aromatic carbocycles. The van der Waals surface area contributed by atoms with Crippen molar-refractivity contribution < 1.29 is 0 Å². The normalized spacial score (nSPS) is 9.29. The van der Waals surface area contributed by atoms with E-state index in [1.54, 1.807) is 0 Å². The third kappa shape index (κ3) is 6.35. The summed E-state index contributed by atoms with van der Waals surface area (Å²) < 4.78 is 0. The molecule has 1 aromatic rings. The molecule has 0 aromatic heterocycles. The van der Waals surface area contributed by atoms with Gasteiger partial charge < -0.3 is 16.4 Å². The highest BCUT2D eigenvalue weighted by Gasteiger charge is 1.96. The lowest BCUT2D eigenvalue weighted by Gasteiger charge is -2.12. The first-order valence-electron chi connectivity index (χ1n) is 5.41. The fraction of sp³-hybridized carbons (Fsp3) is 0.417. The van der Waals surface area contributed by atoms with Crippen molar-refractivity contribution in [2.45, 2.75) is 12.8 Å². The lowest BCUT2D eigenvalue weighted by atomic mass is 10.1. The van der Waals surface area contributed by atoms with E-state index in [0.717, 1.165) is 12.8 Å². The molecule has 0 unspecified atom stereocenters. The van der Waals surface area contributed by atoms with Crippen molar-refractivity contribution in [3.05, 3.63) is 29.8 Å². The number of hydrogen-bond donors (Lipinski definition) is 2. The van der Waals surface area contributed by atoms with Crippen molar-refractivity contribution in [3.8, 4) is 0 Å². The SMILES string of the molecule is CN(C)c1ccc(CCCN=C(N)N)cc1.I. The predicted molar refractivity (Wildman–Crippen MR) is 85.2 cm³/mol. The molecule has 4 nitrogen and oxygen atoms in total. The summed E-state index contributed by atoms with van der Waals surface area (Å²) in [5.41, 5.74) is 13.0. The molecule has 96 valence electrons. The first-order chi connectivity index (χ1) is 7.59. The molecule has 17 heavy (non-hydrogen) atoms. The molecular weight excluding hydrogens is 327 g/mol. The molecule has 0 atom stereocenters. The van der Waals surface area contributed by atoms with Gasteiger partial charge in [0.1, 0.15) is 0 Å². The van der Waals surface area contributed by atoms with Gasteiger partial charge in [-0.15, -0.1) is 24.0 Å². The van der Waals surface area contributed by atoms with E-state index in [0.29, 0.717) is 6.54 Å². The van der Waals surface area contributed by atoms with Crippen molar-refractivity contribution in [3.63, 3.8) is 0 Å². The van der Waals surface area contributed by atoms with E-state index in [9.17, 15) is 0 Å². The second kappa shape index (κ2) is 8.16. The van der Waals surface area contributed by atoms with Crippen LogP contribution in [0.25, 0.3) is 0 Å². The van der Waals surface area contributed by atoms with Crippen LogP contribution in [0.4, 0.5) is 5.69 Å². The Morgan fingerprint density at radius 1 is 1.18 bits per heavy atom. The van der Waals surface area contributed by atoms with Crippen LogP contribution in [0.2, 0.25) is 0 Å². The summed E-state index contributed by atoms with van der Waals surface area (Å²) >= 11 is 0. The first kappa shape index (κ1) is 16.0. The van der Waals surface area contributed by atoms with Gasteiger partial charge in [0.15, 0.2) is 5.96 Å². The zero-order valence-corrected chi connectivity index (χ0v) is 12.7. The minimum atomic E-state index is 0. The smallest absolute Gasteiger partial charge is 0.185 e. The minimum absolute atomic E-state index is 0. The molecule has 0 aliphatic heterocycles. The quantitative estimate of drug-likeness (QED) is 0.367. The van der Waals surface area contributed by atoms with E-state index in [1.165, 1.54) is 11.3 Å². The summed E-state index contributed by atoms with van der Waals surface area (Å²) in [6, 6.07) is 8.53. The van der Waals surface area contributed by atoms with Crippen LogP contribution in [0.5, 0.6) is 0 Å². The van der Waals surface area contributed by atoms with Gasteiger partial charge in [0.2, 0.25) is 0 Å². The van der Waals surface area contributed by atoms with Gasteiger partial charge in [0.05, 0.1) is 0 Å². The molecule has 0 aliphatic rings.